The van der Waals surface area contributed by atoms with Crippen molar-refractivity contribution in [2.45, 2.75) is 44.9 Å². The lowest BCUT2D eigenvalue weighted by Gasteiger charge is -2.16. The fourth-order valence-electron chi connectivity index (χ4n) is 3.42. The van der Waals surface area contributed by atoms with Gasteiger partial charge >= 0.3 is 6.09 Å². The first-order chi connectivity index (χ1) is 15.9. The van der Waals surface area contributed by atoms with Gasteiger partial charge < -0.3 is 24.8 Å². The van der Waals surface area contributed by atoms with Gasteiger partial charge in [0.1, 0.15) is 17.7 Å². The molecule has 0 spiro atoms. The molecule has 1 saturated heterocycles. The molecule has 3 aromatic heterocycles. The van der Waals surface area contributed by atoms with Gasteiger partial charge in [-0.05, 0) is 13.8 Å². The molecule has 0 saturated carbocycles. The van der Waals surface area contributed by atoms with E-state index in [1.807, 2.05) is 0 Å². The number of fused-ring (bicyclic) bond motifs is 1. The zero-order chi connectivity index (χ0) is 23.5. The van der Waals surface area contributed by atoms with Gasteiger partial charge in [0.05, 0.1) is 30.8 Å². The van der Waals surface area contributed by atoms with Gasteiger partial charge in [-0.1, -0.05) is 0 Å². The van der Waals surface area contributed by atoms with Crippen LogP contribution in [0.15, 0.2) is 18.5 Å². The van der Waals surface area contributed by atoms with Crippen LogP contribution in [0.25, 0.3) is 5.65 Å². The molecular formula is C20H23FN8O4. The van der Waals surface area contributed by atoms with E-state index in [1.54, 1.807) is 37.6 Å². The van der Waals surface area contributed by atoms with E-state index in [4.69, 9.17) is 14.2 Å². The maximum atomic E-state index is 14.9. The Kier molecular flexibility index (Phi) is 6.38. The summed E-state index contributed by atoms with van der Waals surface area (Å²) in [5, 5.41) is 21.8. The minimum absolute atomic E-state index is 0.0752. The number of methoxy groups -OCH3 is 1. The predicted molar refractivity (Wildman–Crippen MR) is 112 cm³/mol. The number of halogens is 1. The normalized spacial score (nSPS) is 20.2. The number of alkyl halides is 1. The summed E-state index contributed by atoms with van der Waals surface area (Å²) in [6.45, 7) is 3.75. The van der Waals surface area contributed by atoms with Crippen molar-refractivity contribution in [2.24, 2.45) is 0 Å². The second kappa shape index (κ2) is 9.39. The average molecular weight is 458 g/mol. The van der Waals surface area contributed by atoms with Crippen LogP contribution in [0.2, 0.25) is 0 Å². The zero-order valence-electron chi connectivity index (χ0n) is 18.2. The highest BCUT2D eigenvalue weighted by atomic mass is 19.1. The summed E-state index contributed by atoms with van der Waals surface area (Å²) in [7, 11) is 1.55. The maximum Gasteiger partial charge on any atom is 0.407 e. The average Bonchev–Trinajstić information content (AvgIpc) is 3.48. The summed E-state index contributed by atoms with van der Waals surface area (Å²) >= 11 is 0. The number of alkyl carbamates (subject to hydrolysis) is 1. The Morgan fingerprint density at radius 1 is 1.52 bits per heavy atom. The molecule has 1 aliphatic rings. The number of anilines is 2. The predicted octanol–water partition coefficient (Wildman–Crippen LogP) is 2.13. The smallest absolute Gasteiger partial charge is 0.407 e. The fourth-order valence-corrected chi connectivity index (χ4v) is 3.42. The lowest BCUT2D eigenvalue weighted by atomic mass is 10.1. The third kappa shape index (κ3) is 4.71. The highest BCUT2D eigenvalue weighted by Crippen LogP contribution is 2.33. The Bertz CT molecular complexity index is 1190. The highest BCUT2D eigenvalue weighted by Gasteiger charge is 2.42. The standard InChI is InChI=1S/C20H23FN8O4/c1-10(2)24-20(30)33-14-9-32-17(16(14)21)13-4-15(28-27-13)26-19-23-6-11(5-22)18-25-12(8-31-3)7-29(18)19/h4,6-7,10,14,16-17H,8-9H2,1-3H3,(H,24,30)(H2,23,26,27,28)/t14-,16+,17-/m0/s1. The topological polar surface area (TPSA) is 151 Å². The number of carbonyl (C=O) groups is 1. The zero-order valence-corrected chi connectivity index (χ0v) is 18.2. The molecule has 0 radical (unpaired) electrons. The van der Waals surface area contributed by atoms with E-state index in [9.17, 15) is 14.4 Å². The molecule has 3 aromatic rings. The summed E-state index contributed by atoms with van der Waals surface area (Å²) < 4.78 is 32.2. The van der Waals surface area contributed by atoms with Crippen LogP contribution in [0.5, 0.6) is 0 Å². The van der Waals surface area contributed by atoms with Crippen LogP contribution in [-0.4, -0.2) is 62.7 Å². The first kappa shape index (κ1) is 22.4. The molecule has 0 unspecified atom stereocenters. The van der Waals surface area contributed by atoms with Crippen molar-refractivity contribution in [1.82, 2.24) is 29.9 Å². The maximum absolute atomic E-state index is 14.9. The number of aromatic nitrogens is 5. The molecule has 1 amide bonds. The summed E-state index contributed by atoms with van der Waals surface area (Å²) in [6, 6.07) is 3.50. The van der Waals surface area contributed by atoms with E-state index in [2.05, 4.69) is 36.9 Å². The molecule has 0 aromatic carbocycles. The molecule has 1 fully saturated rings. The Morgan fingerprint density at radius 2 is 2.33 bits per heavy atom. The molecule has 4 rings (SSSR count). The van der Waals surface area contributed by atoms with Crippen LogP contribution in [0.4, 0.5) is 21.0 Å². The van der Waals surface area contributed by atoms with Gasteiger partial charge in [-0.15, -0.1) is 0 Å². The third-order valence-corrected chi connectivity index (χ3v) is 4.85. The van der Waals surface area contributed by atoms with Crippen LogP contribution in [0, 0.1) is 11.3 Å². The SMILES string of the molecule is COCc1cn2c(Nc3cc([C@@H]4OC[C@H](OC(=O)NC(C)C)[C@H]4F)[nH]n3)ncc(C#N)c2n1. The van der Waals surface area contributed by atoms with E-state index in [0.29, 0.717) is 34.4 Å². The Morgan fingerprint density at radius 3 is 3.06 bits per heavy atom. The number of H-pyrrole nitrogens is 1. The molecule has 1 aliphatic heterocycles. The second-order valence-electron chi connectivity index (χ2n) is 7.74. The minimum atomic E-state index is -1.57. The number of imidazole rings is 1. The third-order valence-electron chi connectivity index (χ3n) is 4.85. The highest BCUT2D eigenvalue weighted by molar-refractivity contribution is 5.67. The molecule has 3 atom stereocenters. The molecule has 3 N–H and O–H groups in total. The number of rotatable bonds is 7. The molecule has 12 nitrogen and oxygen atoms in total. The largest absolute Gasteiger partial charge is 0.441 e. The fraction of sp³-hybridized carbons (Fsp3) is 0.450. The summed E-state index contributed by atoms with van der Waals surface area (Å²) in [6.07, 6.45) is -1.17. The Labute approximate surface area is 188 Å². The minimum Gasteiger partial charge on any atom is -0.441 e. The van der Waals surface area contributed by atoms with Crippen molar-refractivity contribution < 1.29 is 23.4 Å². The van der Waals surface area contributed by atoms with Crippen LogP contribution in [0.3, 0.4) is 0 Å². The van der Waals surface area contributed by atoms with Gasteiger partial charge in [-0.25, -0.2) is 19.2 Å². The van der Waals surface area contributed by atoms with Crippen molar-refractivity contribution in [3.63, 3.8) is 0 Å². The van der Waals surface area contributed by atoms with Gasteiger partial charge in [0.25, 0.3) is 0 Å². The van der Waals surface area contributed by atoms with Crippen molar-refractivity contribution >= 4 is 23.5 Å². The number of aromatic amines is 1. The first-order valence-corrected chi connectivity index (χ1v) is 10.2. The molecular weight excluding hydrogens is 435 g/mol. The molecule has 4 heterocycles. The van der Waals surface area contributed by atoms with Gasteiger partial charge in [-0.3, -0.25) is 9.50 Å². The van der Waals surface area contributed by atoms with Gasteiger partial charge in [-0.2, -0.15) is 10.4 Å². The number of hydrogen-bond acceptors (Lipinski definition) is 9. The number of hydrogen-bond donors (Lipinski definition) is 3. The first-order valence-electron chi connectivity index (χ1n) is 10.2. The molecule has 33 heavy (non-hydrogen) atoms. The van der Waals surface area contributed by atoms with Crippen molar-refractivity contribution in [3.8, 4) is 6.07 Å². The Hall–Kier alpha value is -3.76. The van der Waals surface area contributed by atoms with Crippen molar-refractivity contribution in [3.05, 3.63) is 35.4 Å². The number of amides is 1. The lowest BCUT2D eigenvalue weighted by Crippen LogP contribution is -2.36. The Balaban J connectivity index is 1.49. The van der Waals surface area contributed by atoms with E-state index in [-0.39, 0.29) is 19.3 Å². The number of ether oxygens (including phenoxy) is 3. The van der Waals surface area contributed by atoms with Gasteiger partial charge in [0, 0.05) is 25.4 Å². The van der Waals surface area contributed by atoms with Crippen LogP contribution in [0.1, 0.15) is 36.9 Å². The molecule has 0 bridgehead atoms. The van der Waals surface area contributed by atoms with Gasteiger partial charge in [0.2, 0.25) is 5.95 Å². The van der Waals surface area contributed by atoms with Crippen LogP contribution < -0.4 is 10.6 Å². The number of nitriles is 1. The quantitative estimate of drug-likeness (QED) is 0.483. The van der Waals surface area contributed by atoms with Crippen LogP contribution >= 0.6 is 0 Å². The summed E-state index contributed by atoms with van der Waals surface area (Å²) in [4.78, 5) is 20.4. The van der Waals surface area contributed by atoms with E-state index < -0.39 is 24.5 Å². The van der Waals surface area contributed by atoms with E-state index in [0.717, 1.165) is 0 Å². The lowest BCUT2D eigenvalue weighted by molar-refractivity contribution is 0.0615. The van der Waals surface area contributed by atoms with E-state index in [1.165, 1.54) is 6.20 Å². The van der Waals surface area contributed by atoms with Crippen LogP contribution in [-0.2, 0) is 20.8 Å². The van der Waals surface area contributed by atoms with Crippen molar-refractivity contribution in [1.29, 1.82) is 5.26 Å². The number of carbonyl (C=O) groups excluding carboxylic acids is 1. The number of nitrogens with zero attached hydrogens (tertiary/aromatic N) is 5. The van der Waals surface area contributed by atoms with Crippen molar-refractivity contribution in [2.75, 3.05) is 19.0 Å². The summed E-state index contributed by atoms with van der Waals surface area (Å²) in [5.74, 6) is 0.704. The monoisotopic (exact) mass is 458 g/mol. The molecule has 13 heteroatoms. The number of nitrogens with one attached hydrogen (secondary N) is 3. The van der Waals surface area contributed by atoms with Gasteiger partial charge in [0.15, 0.2) is 23.7 Å². The van der Waals surface area contributed by atoms with E-state index >= 15 is 0 Å². The second-order valence-corrected chi connectivity index (χ2v) is 7.74. The molecule has 174 valence electrons. The summed E-state index contributed by atoms with van der Waals surface area (Å²) in [5.41, 5.74) is 1.72. The molecule has 0 aliphatic carbocycles.